The van der Waals surface area contributed by atoms with Crippen molar-refractivity contribution in [3.8, 4) is 0 Å². The first-order valence-electron chi connectivity index (χ1n) is 3.67. The zero-order chi connectivity index (χ0) is 9.19. The molecule has 1 amide bonds. The lowest BCUT2D eigenvalue weighted by Crippen LogP contribution is -2.43. The van der Waals surface area contributed by atoms with E-state index < -0.39 is 11.5 Å². The summed E-state index contributed by atoms with van der Waals surface area (Å²) in [5, 5.41) is 0. The molecule has 0 bridgehead atoms. The molecule has 1 fully saturated rings. The summed E-state index contributed by atoms with van der Waals surface area (Å²) in [4.78, 5) is 21.8. The van der Waals surface area contributed by atoms with E-state index >= 15 is 0 Å². The summed E-state index contributed by atoms with van der Waals surface area (Å²) in [5.74, 6) is -0.677. The molecule has 1 rings (SSSR count). The molecule has 0 saturated carbocycles. The molecule has 0 aromatic rings. The number of Topliss-reactive ketones (excluding diaryl/α,β-unsaturated/α-hetero) is 1. The van der Waals surface area contributed by atoms with Crippen LogP contribution in [0.2, 0.25) is 0 Å². The van der Waals surface area contributed by atoms with E-state index in [0.29, 0.717) is 6.42 Å². The molecule has 1 unspecified atom stereocenters. The van der Waals surface area contributed by atoms with Crippen molar-refractivity contribution in [1.29, 1.82) is 0 Å². The van der Waals surface area contributed by atoms with E-state index in [9.17, 15) is 9.59 Å². The normalized spacial score (nSPS) is 28.8. The Bertz CT molecular complexity index is 236. The van der Waals surface area contributed by atoms with Gasteiger partial charge in [-0.3, -0.25) is 9.59 Å². The van der Waals surface area contributed by atoms with Crippen molar-refractivity contribution < 1.29 is 14.3 Å². The van der Waals surface area contributed by atoms with Gasteiger partial charge in [0.25, 0.3) is 0 Å². The van der Waals surface area contributed by atoms with Crippen LogP contribution in [-0.2, 0) is 14.3 Å². The molecular formula is C8H11NO3. The summed E-state index contributed by atoms with van der Waals surface area (Å²) >= 11 is 0. The molecule has 1 heterocycles. The van der Waals surface area contributed by atoms with Crippen LogP contribution >= 0.6 is 0 Å². The minimum atomic E-state index is -1.11. The highest BCUT2D eigenvalue weighted by Crippen LogP contribution is 2.26. The van der Waals surface area contributed by atoms with E-state index in [1.54, 1.807) is 0 Å². The van der Waals surface area contributed by atoms with Gasteiger partial charge in [0.05, 0.1) is 0 Å². The first-order valence-corrected chi connectivity index (χ1v) is 3.67. The lowest BCUT2D eigenvalue weighted by atomic mass is 9.95. The van der Waals surface area contributed by atoms with Gasteiger partial charge in [0, 0.05) is 12.8 Å². The molecule has 0 spiro atoms. The fourth-order valence-electron chi connectivity index (χ4n) is 1.26. The van der Waals surface area contributed by atoms with Crippen LogP contribution in [-0.4, -0.2) is 23.9 Å². The average Bonchev–Trinajstić information content (AvgIpc) is 2.34. The lowest BCUT2D eigenvalue weighted by molar-refractivity contribution is -0.137. The van der Waals surface area contributed by atoms with E-state index in [1.807, 2.05) is 0 Å². The molecule has 2 N–H and O–H groups in total. The van der Waals surface area contributed by atoms with Gasteiger partial charge in [0.1, 0.15) is 6.61 Å². The van der Waals surface area contributed by atoms with Crippen LogP contribution in [0.1, 0.15) is 12.8 Å². The predicted molar refractivity (Wildman–Crippen MR) is 42.3 cm³/mol. The van der Waals surface area contributed by atoms with Crippen LogP contribution < -0.4 is 5.73 Å². The Balaban J connectivity index is 2.80. The molecule has 12 heavy (non-hydrogen) atoms. The minimum absolute atomic E-state index is 0.0171. The summed E-state index contributed by atoms with van der Waals surface area (Å²) in [6, 6.07) is 0. The Morgan fingerprint density at radius 3 is 2.83 bits per heavy atom. The van der Waals surface area contributed by atoms with Crippen LogP contribution in [0.5, 0.6) is 0 Å². The zero-order valence-electron chi connectivity index (χ0n) is 6.71. The van der Waals surface area contributed by atoms with Crippen LogP contribution in [0.25, 0.3) is 0 Å². The van der Waals surface area contributed by atoms with Crippen molar-refractivity contribution >= 4 is 11.7 Å². The van der Waals surface area contributed by atoms with Crippen molar-refractivity contribution in [1.82, 2.24) is 0 Å². The monoisotopic (exact) mass is 169 g/mol. The number of hydrogen-bond acceptors (Lipinski definition) is 3. The van der Waals surface area contributed by atoms with Crippen molar-refractivity contribution in [2.75, 3.05) is 6.61 Å². The van der Waals surface area contributed by atoms with Crippen LogP contribution in [0.4, 0.5) is 0 Å². The number of nitrogens with two attached hydrogens (primary N) is 1. The molecule has 0 radical (unpaired) electrons. The van der Waals surface area contributed by atoms with Crippen LogP contribution in [0.3, 0.4) is 0 Å². The Kier molecular flexibility index (Phi) is 2.28. The first kappa shape index (κ1) is 8.93. The average molecular weight is 169 g/mol. The largest absolute Gasteiger partial charge is 0.367 e. The van der Waals surface area contributed by atoms with Crippen LogP contribution in [0, 0.1) is 0 Å². The van der Waals surface area contributed by atoms with Gasteiger partial charge in [-0.05, 0) is 0 Å². The number of carbonyl (C=O) groups excluding carboxylic acids is 2. The maximum absolute atomic E-state index is 11.0. The molecule has 66 valence electrons. The number of hydrogen-bond donors (Lipinski definition) is 1. The molecule has 0 aromatic heterocycles. The molecule has 4 heteroatoms. The molecule has 0 aliphatic carbocycles. The number of rotatable bonds is 3. The van der Waals surface area contributed by atoms with E-state index in [1.165, 1.54) is 6.08 Å². The molecule has 1 atom stereocenters. The summed E-state index contributed by atoms with van der Waals surface area (Å²) in [7, 11) is 0. The zero-order valence-corrected chi connectivity index (χ0v) is 6.71. The van der Waals surface area contributed by atoms with Crippen molar-refractivity contribution in [3.63, 3.8) is 0 Å². The SMILES string of the molecule is C=CCC1(C(N)=O)CC(=O)CO1. The van der Waals surface area contributed by atoms with Gasteiger partial charge in [-0.1, -0.05) is 6.08 Å². The summed E-state index contributed by atoms with van der Waals surface area (Å²) in [6.07, 6.45) is 1.91. The Morgan fingerprint density at radius 2 is 2.50 bits per heavy atom. The van der Waals surface area contributed by atoms with Crippen molar-refractivity contribution in [3.05, 3.63) is 12.7 Å². The fraction of sp³-hybridized carbons (Fsp3) is 0.500. The van der Waals surface area contributed by atoms with E-state index in [0.717, 1.165) is 0 Å². The number of primary amides is 1. The maximum atomic E-state index is 11.0. The number of ketones is 1. The van der Waals surface area contributed by atoms with Gasteiger partial charge in [-0.2, -0.15) is 0 Å². The minimum Gasteiger partial charge on any atom is -0.367 e. The fourth-order valence-corrected chi connectivity index (χ4v) is 1.26. The molecule has 1 saturated heterocycles. The molecular weight excluding hydrogens is 158 g/mol. The van der Waals surface area contributed by atoms with Gasteiger partial charge in [0.2, 0.25) is 5.91 Å². The quantitative estimate of drug-likeness (QED) is 0.593. The third-order valence-electron chi connectivity index (χ3n) is 1.92. The number of carbonyl (C=O) groups is 2. The van der Waals surface area contributed by atoms with Crippen molar-refractivity contribution in [2.24, 2.45) is 5.73 Å². The van der Waals surface area contributed by atoms with Gasteiger partial charge >= 0.3 is 0 Å². The summed E-state index contributed by atoms with van der Waals surface area (Å²) < 4.78 is 5.06. The first-order chi connectivity index (χ1) is 5.60. The highest BCUT2D eigenvalue weighted by Gasteiger charge is 2.43. The second kappa shape index (κ2) is 3.06. The predicted octanol–water partition coefficient (Wildman–Crippen LogP) is -0.224. The maximum Gasteiger partial charge on any atom is 0.250 e. The van der Waals surface area contributed by atoms with Crippen molar-refractivity contribution in [2.45, 2.75) is 18.4 Å². The summed E-state index contributed by atoms with van der Waals surface area (Å²) in [6.45, 7) is 3.46. The lowest BCUT2D eigenvalue weighted by Gasteiger charge is -2.21. The topological polar surface area (TPSA) is 69.4 Å². The van der Waals surface area contributed by atoms with Gasteiger partial charge in [-0.15, -0.1) is 6.58 Å². The van der Waals surface area contributed by atoms with E-state index in [2.05, 4.69) is 6.58 Å². The molecule has 4 nitrogen and oxygen atoms in total. The Hall–Kier alpha value is -1.16. The molecule has 0 aromatic carbocycles. The Morgan fingerprint density at radius 1 is 1.83 bits per heavy atom. The highest BCUT2D eigenvalue weighted by atomic mass is 16.5. The van der Waals surface area contributed by atoms with Crippen LogP contribution in [0.15, 0.2) is 12.7 Å². The van der Waals surface area contributed by atoms with E-state index in [-0.39, 0.29) is 18.8 Å². The standard InChI is InChI=1S/C8H11NO3/c1-2-3-8(7(9)11)4-6(10)5-12-8/h2H,1,3-5H2,(H2,9,11). The van der Waals surface area contributed by atoms with Gasteiger partial charge < -0.3 is 10.5 Å². The molecule has 1 aliphatic heterocycles. The third kappa shape index (κ3) is 1.38. The highest BCUT2D eigenvalue weighted by molar-refractivity contribution is 5.94. The van der Waals surface area contributed by atoms with Gasteiger partial charge in [-0.25, -0.2) is 0 Å². The summed E-state index contributed by atoms with van der Waals surface area (Å²) in [5.41, 5.74) is 4.00. The number of ether oxygens (including phenoxy) is 1. The second-order valence-electron chi connectivity index (χ2n) is 2.86. The molecule has 1 aliphatic rings. The third-order valence-corrected chi connectivity index (χ3v) is 1.92. The Labute approximate surface area is 70.4 Å². The van der Waals surface area contributed by atoms with E-state index in [4.69, 9.17) is 10.5 Å². The smallest absolute Gasteiger partial charge is 0.250 e. The van der Waals surface area contributed by atoms with Gasteiger partial charge in [0.15, 0.2) is 11.4 Å². The second-order valence-corrected chi connectivity index (χ2v) is 2.86. The number of amides is 1.